The van der Waals surface area contributed by atoms with Crippen molar-refractivity contribution in [1.82, 2.24) is 14.9 Å². The number of allylic oxidation sites excluding steroid dienone is 4. The summed E-state index contributed by atoms with van der Waals surface area (Å²) in [6, 6.07) is 5.93. The highest BCUT2D eigenvalue weighted by molar-refractivity contribution is 6.03. The first-order chi connectivity index (χ1) is 16.0. The number of carbonyl (C=O) groups excluding carboxylic acids is 1. The van der Waals surface area contributed by atoms with Crippen LogP contribution in [0.5, 0.6) is 0 Å². The third kappa shape index (κ3) is 4.43. The van der Waals surface area contributed by atoms with Gasteiger partial charge in [-0.05, 0) is 73.7 Å². The van der Waals surface area contributed by atoms with Gasteiger partial charge in [-0.3, -0.25) is 4.79 Å². The zero-order valence-electron chi connectivity index (χ0n) is 19.2. The van der Waals surface area contributed by atoms with Crippen molar-refractivity contribution in [2.24, 2.45) is 16.9 Å². The lowest BCUT2D eigenvalue weighted by Gasteiger charge is -2.33. The Labute approximate surface area is 193 Å². The van der Waals surface area contributed by atoms with Gasteiger partial charge in [-0.15, -0.1) is 0 Å². The molecule has 7 heteroatoms. The first-order valence-corrected chi connectivity index (χ1v) is 11.7. The predicted molar refractivity (Wildman–Crippen MR) is 128 cm³/mol. The van der Waals surface area contributed by atoms with E-state index in [1.807, 2.05) is 31.2 Å². The minimum atomic E-state index is -0.129. The number of aryl methyl sites for hydroxylation is 1. The van der Waals surface area contributed by atoms with Crippen molar-refractivity contribution < 1.29 is 14.3 Å². The Kier molecular flexibility index (Phi) is 6.00. The van der Waals surface area contributed by atoms with Crippen LogP contribution in [0.25, 0.3) is 16.7 Å². The smallest absolute Gasteiger partial charge is 0.271 e. The van der Waals surface area contributed by atoms with Crippen LogP contribution in [-0.4, -0.2) is 57.9 Å². The molecular weight excluding hydrogens is 416 g/mol. The van der Waals surface area contributed by atoms with Gasteiger partial charge in [0.25, 0.3) is 5.91 Å². The first-order valence-electron chi connectivity index (χ1n) is 11.7. The number of piperidine rings is 1. The summed E-state index contributed by atoms with van der Waals surface area (Å²) in [5, 5.41) is 15.5. The molecule has 1 fully saturated rings. The number of hydrogen-bond acceptors (Lipinski definition) is 6. The van der Waals surface area contributed by atoms with Gasteiger partial charge in [0.1, 0.15) is 5.52 Å². The van der Waals surface area contributed by atoms with E-state index in [1.54, 1.807) is 11.1 Å². The second-order valence-electron chi connectivity index (χ2n) is 9.13. The molecule has 2 aromatic rings. The topological polar surface area (TPSA) is 82.2 Å². The molecule has 0 spiro atoms. The van der Waals surface area contributed by atoms with E-state index in [9.17, 15) is 9.90 Å². The number of amides is 1. The van der Waals surface area contributed by atoms with Crippen LogP contribution in [0.3, 0.4) is 0 Å². The number of rotatable bonds is 4. The van der Waals surface area contributed by atoms with Gasteiger partial charge < -0.3 is 14.4 Å². The Bertz CT molecular complexity index is 1180. The minimum absolute atomic E-state index is 0.129. The maximum atomic E-state index is 13.4. The van der Waals surface area contributed by atoms with Gasteiger partial charge in [-0.25, -0.2) is 4.98 Å². The van der Waals surface area contributed by atoms with Crippen LogP contribution in [0, 0.1) is 18.8 Å². The zero-order valence-corrected chi connectivity index (χ0v) is 19.2. The molecule has 1 N–H and O–H groups in total. The highest BCUT2D eigenvalue weighted by Crippen LogP contribution is 2.33. The van der Waals surface area contributed by atoms with Crippen LogP contribution in [-0.2, 0) is 4.79 Å². The highest BCUT2D eigenvalue weighted by Gasteiger charge is 2.28. The van der Waals surface area contributed by atoms with Gasteiger partial charge in [0.2, 0.25) is 0 Å². The monoisotopic (exact) mass is 446 g/mol. The SMILES string of the molecule is Cc1nc2ccc(C3=CC(=O)N4N=C(C5CCN(CCO)CC5)C=CC4=CCC3C)cc2o1. The van der Waals surface area contributed by atoms with E-state index in [1.165, 1.54) is 0 Å². The Morgan fingerprint density at radius 1 is 1.21 bits per heavy atom. The van der Waals surface area contributed by atoms with Gasteiger partial charge in [0.05, 0.1) is 18.0 Å². The number of aliphatic hydroxyl groups is 1. The van der Waals surface area contributed by atoms with Gasteiger partial charge >= 0.3 is 0 Å². The number of likely N-dealkylation sites (tertiary alicyclic amines) is 1. The molecule has 1 atom stereocenters. The summed E-state index contributed by atoms with van der Waals surface area (Å²) in [6.45, 7) is 6.78. The second kappa shape index (κ2) is 9.08. The summed E-state index contributed by atoms with van der Waals surface area (Å²) in [4.78, 5) is 20.0. The number of aliphatic hydroxyl groups excluding tert-OH is 1. The van der Waals surface area contributed by atoms with Gasteiger partial charge in [0.15, 0.2) is 11.5 Å². The fourth-order valence-electron chi connectivity index (χ4n) is 4.94. The summed E-state index contributed by atoms with van der Waals surface area (Å²) in [5.74, 6) is 1.01. The molecule has 33 heavy (non-hydrogen) atoms. The van der Waals surface area contributed by atoms with E-state index in [2.05, 4.69) is 29.0 Å². The third-order valence-electron chi connectivity index (χ3n) is 6.83. The molecule has 3 aliphatic heterocycles. The lowest BCUT2D eigenvalue weighted by molar-refractivity contribution is -0.124. The van der Waals surface area contributed by atoms with Crippen molar-refractivity contribution in [2.75, 3.05) is 26.2 Å². The van der Waals surface area contributed by atoms with E-state index in [-0.39, 0.29) is 18.4 Å². The normalized spacial score (nSPS) is 22.5. The standard InChI is InChI=1S/C26H30N4O3/c1-17-3-5-21-6-8-23(19-9-11-29(12-10-19)13-14-31)28-30(21)26(32)16-22(17)20-4-7-24-25(15-20)33-18(2)27-24/h4-8,15-17,19,31H,3,9-14H2,1-2H3. The number of hydrazone groups is 1. The number of oxazole rings is 1. The fraction of sp³-hybridized carbons (Fsp3) is 0.423. The molecule has 0 aliphatic carbocycles. The van der Waals surface area contributed by atoms with E-state index < -0.39 is 0 Å². The Morgan fingerprint density at radius 3 is 2.82 bits per heavy atom. The van der Waals surface area contributed by atoms with Gasteiger partial charge in [-0.2, -0.15) is 10.1 Å². The maximum Gasteiger partial charge on any atom is 0.271 e. The van der Waals surface area contributed by atoms with Crippen molar-refractivity contribution in [3.8, 4) is 0 Å². The number of aromatic nitrogens is 1. The van der Waals surface area contributed by atoms with E-state index in [0.717, 1.165) is 72.5 Å². The van der Waals surface area contributed by atoms with Crippen molar-refractivity contribution in [2.45, 2.75) is 33.1 Å². The third-order valence-corrected chi connectivity index (χ3v) is 6.83. The van der Waals surface area contributed by atoms with Crippen LogP contribution in [0.15, 0.2) is 57.7 Å². The molecule has 0 bridgehead atoms. The predicted octanol–water partition coefficient (Wildman–Crippen LogP) is 3.90. The first kappa shape index (κ1) is 21.8. The Balaban J connectivity index is 1.41. The van der Waals surface area contributed by atoms with Crippen LogP contribution < -0.4 is 0 Å². The number of benzene rings is 1. The molecule has 1 saturated heterocycles. The Hall–Kier alpha value is -3.03. The van der Waals surface area contributed by atoms with Crippen molar-refractivity contribution in [3.05, 3.63) is 59.7 Å². The average Bonchev–Trinajstić information content (AvgIpc) is 3.20. The van der Waals surface area contributed by atoms with E-state index >= 15 is 0 Å². The van der Waals surface area contributed by atoms with Crippen molar-refractivity contribution in [1.29, 1.82) is 0 Å². The average molecular weight is 447 g/mol. The Morgan fingerprint density at radius 2 is 2.03 bits per heavy atom. The van der Waals surface area contributed by atoms with Gasteiger partial charge in [-0.1, -0.05) is 19.1 Å². The molecule has 5 rings (SSSR count). The lowest BCUT2D eigenvalue weighted by atomic mass is 9.88. The lowest BCUT2D eigenvalue weighted by Crippen LogP contribution is -2.39. The van der Waals surface area contributed by atoms with Gasteiger partial charge in [0, 0.05) is 25.5 Å². The highest BCUT2D eigenvalue weighted by atomic mass is 16.3. The molecule has 4 heterocycles. The summed E-state index contributed by atoms with van der Waals surface area (Å²) in [6.07, 6.45) is 10.7. The minimum Gasteiger partial charge on any atom is -0.441 e. The van der Waals surface area contributed by atoms with Crippen LogP contribution in [0.2, 0.25) is 0 Å². The molecule has 1 amide bonds. The molecule has 0 saturated carbocycles. The molecule has 172 valence electrons. The van der Waals surface area contributed by atoms with Crippen LogP contribution in [0.4, 0.5) is 0 Å². The molecule has 1 unspecified atom stereocenters. The molecule has 0 radical (unpaired) electrons. The van der Waals surface area contributed by atoms with Crippen LogP contribution >= 0.6 is 0 Å². The zero-order chi connectivity index (χ0) is 22.9. The molecule has 3 aliphatic rings. The molecule has 1 aromatic heterocycles. The number of carbonyl (C=O) groups is 1. The largest absolute Gasteiger partial charge is 0.441 e. The molecule has 7 nitrogen and oxygen atoms in total. The maximum absolute atomic E-state index is 13.4. The number of nitrogens with zero attached hydrogens (tertiary/aromatic N) is 4. The number of fused-ring (bicyclic) bond motifs is 2. The fourth-order valence-corrected chi connectivity index (χ4v) is 4.94. The second-order valence-corrected chi connectivity index (χ2v) is 9.13. The summed E-state index contributed by atoms with van der Waals surface area (Å²) in [5.41, 5.74) is 5.32. The summed E-state index contributed by atoms with van der Waals surface area (Å²) >= 11 is 0. The van der Waals surface area contributed by atoms with E-state index in [4.69, 9.17) is 9.52 Å². The summed E-state index contributed by atoms with van der Waals surface area (Å²) in [7, 11) is 0. The number of hydrogen-bond donors (Lipinski definition) is 1. The summed E-state index contributed by atoms with van der Waals surface area (Å²) < 4.78 is 5.71. The molecule has 1 aromatic carbocycles. The van der Waals surface area contributed by atoms with E-state index in [0.29, 0.717) is 11.8 Å². The molecular formula is C26H30N4O3. The quantitative estimate of drug-likeness (QED) is 0.770. The van der Waals surface area contributed by atoms with Crippen molar-refractivity contribution >= 4 is 28.3 Å². The number of β-amino-alcohol motifs (C(OH)–C–C–N with tert-alkyl or cyclic N) is 1. The van der Waals surface area contributed by atoms with Crippen molar-refractivity contribution in [3.63, 3.8) is 0 Å². The van der Waals surface area contributed by atoms with Crippen LogP contribution in [0.1, 0.15) is 37.6 Å².